The van der Waals surface area contributed by atoms with Gasteiger partial charge in [-0.1, -0.05) is 12.5 Å². The van der Waals surface area contributed by atoms with Gasteiger partial charge >= 0.3 is 0 Å². The summed E-state index contributed by atoms with van der Waals surface area (Å²) >= 11 is 0. The van der Waals surface area contributed by atoms with E-state index >= 15 is 0 Å². The number of hydrogen-bond acceptors (Lipinski definition) is 3. The van der Waals surface area contributed by atoms with E-state index in [2.05, 4.69) is 10.3 Å². The summed E-state index contributed by atoms with van der Waals surface area (Å²) in [7, 11) is 0. The summed E-state index contributed by atoms with van der Waals surface area (Å²) < 4.78 is 0. The Labute approximate surface area is 95.3 Å². The number of nitrogens with zero attached hydrogens (tertiary/aromatic N) is 1. The molecule has 1 aromatic heterocycles. The van der Waals surface area contributed by atoms with Crippen LogP contribution in [0, 0.1) is 0 Å². The Morgan fingerprint density at radius 1 is 1.31 bits per heavy atom. The van der Waals surface area contributed by atoms with Crippen LogP contribution in [0.5, 0.6) is 0 Å². The molecule has 0 aliphatic heterocycles. The SMILES string of the molecule is NC1(NC(=O)c2ccccn2)CCCCC1. The van der Waals surface area contributed by atoms with Gasteiger partial charge in [-0.3, -0.25) is 9.78 Å². The molecule has 1 saturated carbocycles. The molecular formula is C12H17N3O. The van der Waals surface area contributed by atoms with E-state index in [1.54, 1.807) is 24.4 Å². The van der Waals surface area contributed by atoms with Crippen LogP contribution in [0.1, 0.15) is 42.6 Å². The van der Waals surface area contributed by atoms with Gasteiger partial charge < -0.3 is 11.1 Å². The van der Waals surface area contributed by atoms with Crippen LogP contribution in [0.15, 0.2) is 24.4 Å². The van der Waals surface area contributed by atoms with Crippen LogP contribution >= 0.6 is 0 Å². The van der Waals surface area contributed by atoms with Crippen molar-refractivity contribution in [2.75, 3.05) is 0 Å². The van der Waals surface area contributed by atoms with Gasteiger partial charge in [-0.2, -0.15) is 0 Å². The van der Waals surface area contributed by atoms with Crippen molar-refractivity contribution in [3.63, 3.8) is 0 Å². The highest BCUT2D eigenvalue weighted by molar-refractivity contribution is 5.92. The first-order valence-electron chi connectivity index (χ1n) is 5.72. The third-order valence-corrected chi connectivity index (χ3v) is 3.01. The molecule has 0 saturated heterocycles. The Balaban J connectivity index is 2.01. The fraction of sp³-hybridized carbons (Fsp3) is 0.500. The maximum Gasteiger partial charge on any atom is 0.271 e. The van der Waals surface area contributed by atoms with E-state index in [0.29, 0.717) is 5.69 Å². The fourth-order valence-electron chi connectivity index (χ4n) is 2.09. The van der Waals surface area contributed by atoms with Crippen molar-refractivity contribution in [2.24, 2.45) is 5.73 Å². The number of aromatic nitrogens is 1. The number of amides is 1. The first-order chi connectivity index (χ1) is 7.70. The molecule has 0 aromatic carbocycles. The predicted molar refractivity (Wildman–Crippen MR) is 61.7 cm³/mol. The first kappa shape index (κ1) is 11.1. The zero-order valence-corrected chi connectivity index (χ0v) is 9.28. The Kier molecular flexibility index (Phi) is 3.19. The van der Waals surface area contributed by atoms with Crippen LogP contribution in [0.4, 0.5) is 0 Å². The first-order valence-corrected chi connectivity index (χ1v) is 5.72. The highest BCUT2D eigenvalue weighted by atomic mass is 16.2. The van der Waals surface area contributed by atoms with Gasteiger partial charge in [0.2, 0.25) is 0 Å². The van der Waals surface area contributed by atoms with Crippen LogP contribution in [0.2, 0.25) is 0 Å². The van der Waals surface area contributed by atoms with Crippen LogP contribution in [0.25, 0.3) is 0 Å². The van der Waals surface area contributed by atoms with Gasteiger partial charge in [-0.05, 0) is 37.8 Å². The molecule has 0 atom stereocenters. The lowest BCUT2D eigenvalue weighted by molar-refractivity contribution is 0.0868. The summed E-state index contributed by atoms with van der Waals surface area (Å²) in [5.74, 6) is -0.176. The molecule has 1 amide bonds. The molecule has 16 heavy (non-hydrogen) atoms. The van der Waals surface area contributed by atoms with Crippen LogP contribution in [0.3, 0.4) is 0 Å². The maximum atomic E-state index is 11.9. The summed E-state index contributed by atoms with van der Waals surface area (Å²) in [6.45, 7) is 0. The number of rotatable bonds is 2. The highest BCUT2D eigenvalue weighted by Gasteiger charge is 2.29. The highest BCUT2D eigenvalue weighted by Crippen LogP contribution is 2.23. The summed E-state index contributed by atoms with van der Waals surface area (Å²) in [6, 6.07) is 5.28. The normalized spacial score (nSPS) is 19.1. The smallest absolute Gasteiger partial charge is 0.271 e. The van der Waals surface area contributed by atoms with Crippen molar-refractivity contribution in [2.45, 2.75) is 37.8 Å². The van der Waals surface area contributed by atoms with Crippen molar-refractivity contribution in [1.82, 2.24) is 10.3 Å². The van der Waals surface area contributed by atoms with Gasteiger partial charge in [-0.25, -0.2) is 0 Å². The molecule has 2 rings (SSSR count). The largest absolute Gasteiger partial charge is 0.333 e. The van der Waals surface area contributed by atoms with Crippen LogP contribution in [-0.2, 0) is 0 Å². The van der Waals surface area contributed by atoms with E-state index in [1.807, 2.05) is 0 Å². The molecule has 0 unspecified atom stereocenters. The second-order valence-corrected chi connectivity index (χ2v) is 4.39. The standard InChI is InChI=1S/C12H17N3O/c13-12(7-3-1-4-8-12)15-11(16)10-6-2-5-9-14-10/h2,5-6,9H,1,3-4,7-8,13H2,(H,15,16). The minimum Gasteiger partial charge on any atom is -0.333 e. The van der Waals surface area contributed by atoms with E-state index in [4.69, 9.17) is 5.73 Å². The van der Waals surface area contributed by atoms with Gasteiger partial charge in [-0.15, -0.1) is 0 Å². The quantitative estimate of drug-likeness (QED) is 0.739. The van der Waals surface area contributed by atoms with E-state index in [9.17, 15) is 4.79 Å². The molecule has 0 bridgehead atoms. The number of nitrogens with one attached hydrogen (secondary N) is 1. The van der Waals surface area contributed by atoms with E-state index in [0.717, 1.165) is 25.7 Å². The molecule has 1 fully saturated rings. The minimum atomic E-state index is -0.535. The van der Waals surface area contributed by atoms with E-state index < -0.39 is 5.66 Å². The maximum absolute atomic E-state index is 11.9. The number of carbonyl (C=O) groups is 1. The van der Waals surface area contributed by atoms with E-state index in [-0.39, 0.29) is 5.91 Å². The lowest BCUT2D eigenvalue weighted by Gasteiger charge is -2.34. The van der Waals surface area contributed by atoms with Gasteiger partial charge in [0.1, 0.15) is 5.69 Å². The Hall–Kier alpha value is -1.42. The minimum absolute atomic E-state index is 0.176. The summed E-state index contributed by atoms with van der Waals surface area (Å²) in [4.78, 5) is 15.9. The van der Waals surface area contributed by atoms with Crippen molar-refractivity contribution in [3.05, 3.63) is 30.1 Å². The summed E-state index contributed by atoms with van der Waals surface area (Å²) in [5, 5.41) is 2.89. The Bertz CT molecular complexity index is 358. The molecule has 4 nitrogen and oxygen atoms in total. The molecular weight excluding hydrogens is 202 g/mol. The second-order valence-electron chi connectivity index (χ2n) is 4.39. The average molecular weight is 219 g/mol. The lowest BCUT2D eigenvalue weighted by Crippen LogP contribution is -2.56. The van der Waals surface area contributed by atoms with E-state index in [1.165, 1.54) is 6.42 Å². The van der Waals surface area contributed by atoms with Crippen molar-refractivity contribution in [1.29, 1.82) is 0 Å². The summed E-state index contributed by atoms with van der Waals surface area (Å²) in [5.41, 5.74) is 6.03. The Morgan fingerprint density at radius 2 is 2.06 bits per heavy atom. The van der Waals surface area contributed by atoms with Gasteiger partial charge in [0.25, 0.3) is 5.91 Å². The zero-order chi connectivity index (χ0) is 11.4. The number of carbonyl (C=O) groups excluding carboxylic acids is 1. The molecule has 3 N–H and O–H groups in total. The molecule has 86 valence electrons. The monoisotopic (exact) mass is 219 g/mol. The summed E-state index contributed by atoms with van der Waals surface area (Å²) in [6.07, 6.45) is 6.69. The fourth-order valence-corrected chi connectivity index (χ4v) is 2.09. The number of pyridine rings is 1. The molecule has 1 aliphatic rings. The number of hydrogen-bond donors (Lipinski definition) is 2. The molecule has 1 heterocycles. The van der Waals surface area contributed by atoms with Gasteiger partial charge in [0.15, 0.2) is 0 Å². The topological polar surface area (TPSA) is 68.0 Å². The van der Waals surface area contributed by atoms with Crippen molar-refractivity contribution in [3.8, 4) is 0 Å². The molecule has 0 spiro atoms. The molecule has 0 radical (unpaired) electrons. The molecule has 4 heteroatoms. The zero-order valence-electron chi connectivity index (χ0n) is 9.28. The molecule has 1 aromatic rings. The van der Waals surface area contributed by atoms with Crippen molar-refractivity contribution < 1.29 is 4.79 Å². The Morgan fingerprint density at radius 3 is 2.69 bits per heavy atom. The van der Waals surface area contributed by atoms with Crippen LogP contribution in [-0.4, -0.2) is 16.6 Å². The van der Waals surface area contributed by atoms with Crippen molar-refractivity contribution >= 4 is 5.91 Å². The average Bonchev–Trinajstić information content (AvgIpc) is 2.30. The second kappa shape index (κ2) is 4.61. The predicted octanol–water partition coefficient (Wildman–Crippen LogP) is 1.43. The van der Waals surface area contributed by atoms with Gasteiger partial charge in [0, 0.05) is 6.20 Å². The third kappa shape index (κ3) is 2.58. The lowest BCUT2D eigenvalue weighted by atomic mass is 9.89. The van der Waals surface area contributed by atoms with Crippen LogP contribution < -0.4 is 11.1 Å². The third-order valence-electron chi connectivity index (χ3n) is 3.01. The van der Waals surface area contributed by atoms with Gasteiger partial charge in [0.05, 0.1) is 5.66 Å². The molecule has 1 aliphatic carbocycles. The number of nitrogens with two attached hydrogens (primary N) is 1.